The number of Topliss-reactive ketones (excluding diaryl/α,β-unsaturated/α-hetero) is 1. The summed E-state index contributed by atoms with van der Waals surface area (Å²) in [6, 6.07) is 16.4. The molecule has 4 heterocycles. The second-order valence-corrected chi connectivity index (χ2v) is 8.45. The molecule has 0 radical (unpaired) electrons. The molecule has 1 aromatic carbocycles. The van der Waals surface area contributed by atoms with Crippen LogP contribution in [0.3, 0.4) is 0 Å². The predicted octanol–water partition coefficient (Wildman–Crippen LogP) is 4.01. The molecule has 5 rings (SSSR count). The molecular formula is C27H24N4O3. The molecule has 7 heteroatoms. The van der Waals surface area contributed by atoms with Gasteiger partial charge in [-0.25, -0.2) is 4.98 Å². The van der Waals surface area contributed by atoms with Crippen molar-refractivity contribution < 1.29 is 14.7 Å². The van der Waals surface area contributed by atoms with Crippen LogP contribution in [-0.4, -0.2) is 42.6 Å². The second-order valence-electron chi connectivity index (χ2n) is 8.45. The lowest BCUT2D eigenvalue weighted by Gasteiger charge is -2.25. The summed E-state index contributed by atoms with van der Waals surface area (Å²) in [5, 5.41) is 11.4. The third kappa shape index (κ3) is 3.55. The van der Waals surface area contributed by atoms with E-state index in [0.29, 0.717) is 35.6 Å². The lowest BCUT2D eigenvalue weighted by molar-refractivity contribution is -0.139. The number of amides is 1. The Balaban J connectivity index is 1.63. The fraction of sp³-hybridized carbons (Fsp3) is 0.185. The molecule has 1 N–H and O–H groups in total. The number of carbonyl (C=O) groups excluding carboxylic acids is 2. The van der Waals surface area contributed by atoms with Crippen molar-refractivity contribution in [3.8, 4) is 0 Å². The van der Waals surface area contributed by atoms with Gasteiger partial charge >= 0.3 is 0 Å². The fourth-order valence-corrected chi connectivity index (χ4v) is 4.56. The van der Waals surface area contributed by atoms with Crippen molar-refractivity contribution in [2.75, 3.05) is 6.54 Å². The molecule has 1 aliphatic rings. The van der Waals surface area contributed by atoms with Crippen molar-refractivity contribution >= 4 is 23.1 Å². The average molecular weight is 453 g/mol. The maximum absolute atomic E-state index is 13.3. The highest BCUT2D eigenvalue weighted by Crippen LogP contribution is 2.39. The summed E-state index contributed by atoms with van der Waals surface area (Å²) in [6.07, 6.45) is 5.70. The molecule has 1 unspecified atom stereocenters. The minimum atomic E-state index is -0.747. The van der Waals surface area contributed by atoms with E-state index in [1.165, 1.54) is 4.90 Å². The smallest absolute Gasteiger partial charge is 0.295 e. The molecule has 3 aromatic heterocycles. The highest BCUT2D eigenvalue weighted by Gasteiger charge is 2.46. The molecule has 1 saturated heterocycles. The molecule has 34 heavy (non-hydrogen) atoms. The van der Waals surface area contributed by atoms with Gasteiger partial charge in [0.15, 0.2) is 5.76 Å². The highest BCUT2D eigenvalue weighted by atomic mass is 16.3. The van der Waals surface area contributed by atoms with Crippen LogP contribution in [0.2, 0.25) is 0 Å². The van der Waals surface area contributed by atoms with Crippen LogP contribution in [0.4, 0.5) is 0 Å². The normalized spacial score (nSPS) is 17.6. The number of pyridine rings is 2. The number of likely N-dealkylation sites (tertiary alicyclic amines) is 1. The molecule has 170 valence electrons. The molecule has 1 atom stereocenters. The first-order valence-corrected chi connectivity index (χ1v) is 11.1. The first-order chi connectivity index (χ1) is 16.5. The zero-order valence-corrected chi connectivity index (χ0v) is 19.0. The lowest BCUT2D eigenvalue weighted by atomic mass is 9.97. The van der Waals surface area contributed by atoms with Crippen LogP contribution in [0.5, 0.6) is 0 Å². The Morgan fingerprint density at radius 3 is 2.53 bits per heavy atom. The van der Waals surface area contributed by atoms with Crippen LogP contribution in [0.15, 0.2) is 78.8 Å². The number of imidazole rings is 1. The molecule has 0 bridgehead atoms. The van der Waals surface area contributed by atoms with Crippen molar-refractivity contribution in [2.45, 2.75) is 26.3 Å². The van der Waals surface area contributed by atoms with E-state index >= 15 is 0 Å². The van der Waals surface area contributed by atoms with E-state index in [-0.39, 0.29) is 11.3 Å². The molecule has 0 spiro atoms. The van der Waals surface area contributed by atoms with Crippen LogP contribution >= 0.6 is 0 Å². The first-order valence-electron chi connectivity index (χ1n) is 11.1. The predicted molar refractivity (Wildman–Crippen MR) is 128 cm³/mol. The van der Waals surface area contributed by atoms with E-state index < -0.39 is 17.7 Å². The summed E-state index contributed by atoms with van der Waals surface area (Å²) in [6.45, 7) is 4.09. The number of fused-ring (bicyclic) bond motifs is 1. The number of aliphatic hydroxyl groups excluding tert-OH is 1. The molecule has 1 aliphatic heterocycles. The van der Waals surface area contributed by atoms with Crippen molar-refractivity contribution in [2.24, 2.45) is 0 Å². The summed E-state index contributed by atoms with van der Waals surface area (Å²) < 4.78 is 1.87. The second kappa shape index (κ2) is 8.59. The molecule has 0 aliphatic carbocycles. The monoisotopic (exact) mass is 452 g/mol. The number of nitrogens with zero attached hydrogens (tertiary/aromatic N) is 4. The molecule has 7 nitrogen and oxygen atoms in total. The van der Waals surface area contributed by atoms with E-state index in [1.807, 2.05) is 73.0 Å². The number of aliphatic hydroxyl groups is 1. The number of carbonyl (C=O) groups is 2. The van der Waals surface area contributed by atoms with Gasteiger partial charge in [0.1, 0.15) is 11.3 Å². The van der Waals surface area contributed by atoms with Gasteiger partial charge in [-0.3, -0.25) is 14.6 Å². The van der Waals surface area contributed by atoms with Crippen molar-refractivity contribution in [3.63, 3.8) is 0 Å². The van der Waals surface area contributed by atoms with E-state index in [4.69, 9.17) is 0 Å². The van der Waals surface area contributed by atoms with E-state index in [9.17, 15) is 14.7 Å². The van der Waals surface area contributed by atoms with Crippen LogP contribution in [0.25, 0.3) is 11.4 Å². The summed E-state index contributed by atoms with van der Waals surface area (Å²) in [4.78, 5) is 36.7. The maximum atomic E-state index is 13.3. The van der Waals surface area contributed by atoms with E-state index in [2.05, 4.69) is 9.97 Å². The molecule has 1 fully saturated rings. The minimum absolute atomic E-state index is 0.0372. The van der Waals surface area contributed by atoms with Gasteiger partial charge in [0.25, 0.3) is 11.7 Å². The summed E-state index contributed by atoms with van der Waals surface area (Å²) in [7, 11) is 0. The Hall–Kier alpha value is -4.26. The summed E-state index contributed by atoms with van der Waals surface area (Å²) in [5.41, 5.74) is 4.38. The third-order valence-corrected chi connectivity index (χ3v) is 6.33. The number of hydrogen-bond donors (Lipinski definition) is 1. The van der Waals surface area contributed by atoms with Gasteiger partial charge in [-0.15, -0.1) is 0 Å². The Labute approximate surface area is 197 Å². The zero-order valence-electron chi connectivity index (χ0n) is 19.0. The summed E-state index contributed by atoms with van der Waals surface area (Å²) >= 11 is 0. The molecule has 0 saturated carbocycles. The average Bonchev–Trinajstić information content (AvgIpc) is 3.33. The van der Waals surface area contributed by atoms with Crippen molar-refractivity contribution in [3.05, 3.63) is 107 Å². The van der Waals surface area contributed by atoms with Gasteiger partial charge < -0.3 is 14.4 Å². The maximum Gasteiger partial charge on any atom is 0.295 e. The number of aromatic nitrogens is 3. The Kier molecular flexibility index (Phi) is 5.45. The summed E-state index contributed by atoms with van der Waals surface area (Å²) in [5.74, 6) is -1.62. The number of hydrogen-bond acceptors (Lipinski definition) is 5. The molecule has 4 aromatic rings. The minimum Gasteiger partial charge on any atom is -0.505 e. The lowest BCUT2D eigenvalue weighted by Crippen LogP contribution is -2.31. The fourth-order valence-electron chi connectivity index (χ4n) is 4.56. The highest BCUT2D eigenvalue weighted by molar-refractivity contribution is 6.46. The Morgan fingerprint density at radius 2 is 1.82 bits per heavy atom. The molecule has 1 amide bonds. The Morgan fingerprint density at radius 1 is 1.03 bits per heavy atom. The van der Waals surface area contributed by atoms with Gasteiger partial charge in [0, 0.05) is 25.1 Å². The van der Waals surface area contributed by atoms with Gasteiger partial charge in [0.05, 0.1) is 17.3 Å². The van der Waals surface area contributed by atoms with Crippen molar-refractivity contribution in [1.82, 2.24) is 19.3 Å². The van der Waals surface area contributed by atoms with E-state index in [0.717, 1.165) is 11.1 Å². The number of ketones is 1. The van der Waals surface area contributed by atoms with Gasteiger partial charge in [-0.05, 0) is 49.1 Å². The zero-order chi connectivity index (χ0) is 23.8. The van der Waals surface area contributed by atoms with Crippen molar-refractivity contribution in [1.29, 1.82) is 0 Å². The van der Waals surface area contributed by atoms with Crippen LogP contribution in [0, 0.1) is 13.8 Å². The molecular weight excluding hydrogens is 428 g/mol. The number of rotatable bonds is 5. The van der Waals surface area contributed by atoms with Crippen LogP contribution in [-0.2, 0) is 16.0 Å². The van der Waals surface area contributed by atoms with Crippen LogP contribution < -0.4 is 0 Å². The van der Waals surface area contributed by atoms with Gasteiger partial charge in [-0.1, -0.05) is 42.5 Å². The van der Waals surface area contributed by atoms with Gasteiger partial charge in [-0.2, -0.15) is 0 Å². The van der Waals surface area contributed by atoms with E-state index in [1.54, 1.807) is 18.5 Å². The largest absolute Gasteiger partial charge is 0.505 e. The first kappa shape index (κ1) is 21.6. The standard InChI is InChI=1S/C27H24N4O3/c1-17-8-7-14-30-18(2)22(29-26(17)30)24(32)21-23(20-11-6-13-28-16-20)31(27(34)25(21)33)15-12-19-9-4-3-5-10-19/h3-11,13-14,16,23,32H,12,15H2,1-2H3. The van der Waals surface area contributed by atoms with Gasteiger partial charge in [0.2, 0.25) is 0 Å². The quantitative estimate of drug-likeness (QED) is 0.281. The third-order valence-electron chi connectivity index (χ3n) is 6.33. The SMILES string of the molecule is Cc1cccn2c(C)c(C(O)=C3C(=O)C(=O)N(CCc4ccccc4)C3c3cccnc3)nc12. The Bertz CT molecular complexity index is 1420. The topological polar surface area (TPSA) is 87.8 Å². The number of benzene rings is 1. The number of aryl methyl sites for hydroxylation is 2. The van der Waals surface area contributed by atoms with Crippen LogP contribution in [0.1, 0.15) is 34.1 Å².